The van der Waals surface area contributed by atoms with E-state index in [9.17, 15) is 4.39 Å². The number of rotatable bonds is 3. The zero-order valence-electron chi connectivity index (χ0n) is 10.9. The van der Waals surface area contributed by atoms with Gasteiger partial charge in [0.05, 0.1) is 0 Å². The fourth-order valence-corrected chi connectivity index (χ4v) is 3.86. The van der Waals surface area contributed by atoms with Crippen molar-refractivity contribution in [2.24, 2.45) is 0 Å². The Hall–Kier alpha value is -0.670. The van der Waals surface area contributed by atoms with Gasteiger partial charge in [-0.3, -0.25) is 0 Å². The average Bonchev–Trinajstić information content (AvgIpc) is 2.33. The Morgan fingerprint density at radius 1 is 1.16 bits per heavy atom. The number of alkyl halides is 1. The van der Waals surface area contributed by atoms with Crippen molar-refractivity contribution in [3.05, 3.63) is 68.9 Å². The first kappa shape index (κ1) is 14.7. The van der Waals surface area contributed by atoms with E-state index in [1.54, 1.807) is 6.07 Å². The van der Waals surface area contributed by atoms with Crippen molar-refractivity contribution in [2.45, 2.75) is 25.1 Å². The lowest BCUT2D eigenvalue weighted by molar-refractivity contribution is 0.606. The fraction of sp³-hybridized carbons (Fsp3) is 0.250. The molecule has 0 saturated carbocycles. The third-order valence-electron chi connectivity index (χ3n) is 3.22. The summed E-state index contributed by atoms with van der Waals surface area (Å²) in [6, 6.07) is 11.5. The average molecular weight is 386 g/mol. The summed E-state index contributed by atoms with van der Waals surface area (Å²) in [7, 11) is 0. The van der Waals surface area contributed by atoms with Crippen LogP contribution in [0, 0.1) is 19.7 Å². The van der Waals surface area contributed by atoms with Crippen LogP contribution in [-0.2, 0) is 6.42 Å². The van der Waals surface area contributed by atoms with Gasteiger partial charge in [-0.15, -0.1) is 0 Å². The van der Waals surface area contributed by atoms with Crippen LogP contribution in [0.25, 0.3) is 0 Å². The summed E-state index contributed by atoms with van der Waals surface area (Å²) in [6.45, 7) is 4.16. The van der Waals surface area contributed by atoms with E-state index in [1.807, 2.05) is 6.07 Å². The third-order valence-corrected chi connectivity index (χ3v) is 4.69. The van der Waals surface area contributed by atoms with E-state index in [-0.39, 0.29) is 10.6 Å². The Balaban J connectivity index is 2.31. The van der Waals surface area contributed by atoms with Crippen molar-refractivity contribution in [3.63, 3.8) is 0 Å². The van der Waals surface area contributed by atoms with Gasteiger partial charge >= 0.3 is 0 Å². The van der Waals surface area contributed by atoms with E-state index in [0.717, 1.165) is 10.9 Å². The molecule has 2 aromatic rings. The van der Waals surface area contributed by atoms with Crippen molar-refractivity contribution < 1.29 is 4.39 Å². The molecule has 0 N–H and O–H groups in total. The van der Waals surface area contributed by atoms with Gasteiger partial charge in [0, 0.05) is 14.9 Å². The second-order valence-electron chi connectivity index (χ2n) is 4.74. The highest BCUT2D eigenvalue weighted by atomic mass is 79.9. The SMILES string of the molecule is Cc1ccc(C)c(CC(Br)c2c(F)cccc2Br)c1. The molecule has 3 heteroatoms. The number of hydrogen-bond acceptors (Lipinski definition) is 0. The van der Waals surface area contributed by atoms with Gasteiger partial charge < -0.3 is 0 Å². The molecule has 0 aliphatic rings. The highest BCUT2D eigenvalue weighted by Gasteiger charge is 2.17. The zero-order valence-corrected chi connectivity index (χ0v) is 14.1. The smallest absolute Gasteiger partial charge is 0.128 e. The number of halogens is 3. The molecule has 0 fully saturated rings. The molecule has 2 aromatic carbocycles. The molecule has 0 spiro atoms. The molecule has 0 amide bonds. The second kappa shape index (κ2) is 6.19. The molecule has 0 heterocycles. The molecule has 19 heavy (non-hydrogen) atoms. The van der Waals surface area contributed by atoms with Crippen molar-refractivity contribution >= 4 is 31.9 Å². The molecule has 0 bridgehead atoms. The van der Waals surface area contributed by atoms with Crippen molar-refractivity contribution in [3.8, 4) is 0 Å². The molecule has 2 rings (SSSR count). The van der Waals surface area contributed by atoms with Crippen LogP contribution in [0.4, 0.5) is 4.39 Å². The minimum Gasteiger partial charge on any atom is -0.207 e. The monoisotopic (exact) mass is 384 g/mol. The lowest BCUT2D eigenvalue weighted by atomic mass is 9.98. The van der Waals surface area contributed by atoms with Gasteiger partial charge in [-0.1, -0.05) is 61.7 Å². The lowest BCUT2D eigenvalue weighted by Crippen LogP contribution is -2.01. The topological polar surface area (TPSA) is 0 Å². The summed E-state index contributed by atoms with van der Waals surface area (Å²) in [5, 5.41) is 0. The van der Waals surface area contributed by atoms with Crippen LogP contribution in [0.1, 0.15) is 27.1 Å². The minimum absolute atomic E-state index is 0.0384. The summed E-state index contributed by atoms with van der Waals surface area (Å²) < 4.78 is 14.7. The highest BCUT2D eigenvalue weighted by molar-refractivity contribution is 9.11. The molecular weight excluding hydrogens is 371 g/mol. The first-order valence-corrected chi connectivity index (χ1v) is 7.84. The number of aryl methyl sites for hydroxylation is 2. The summed E-state index contributed by atoms with van der Waals surface area (Å²) in [6.07, 6.45) is 0.771. The third kappa shape index (κ3) is 3.46. The normalized spacial score (nSPS) is 12.5. The molecule has 0 aliphatic heterocycles. The van der Waals surface area contributed by atoms with Crippen molar-refractivity contribution in [1.29, 1.82) is 0 Å². The molecule has 1 unspecified atom stereocenters. The maximum Gasteiger partial charge on any atom is 0.128 e. The van der Waals surface area contributed by atoms with E-state index < -0.39 is 0 Å². The van der Waals surface area contributed by atoms with Gasteiger partial charge in [-0.25, -0.2) is 4.39 Å². The Morgan fingerprint density at radius 3 is 2.58 bits per heavy atom. The maximum atomic E-state index is 13.9. The Bertz CT molecular complexity index is 573. The maximum absolute atomic E-state index is 13.9. The Morgan fingerprint density at radius 2 is 1.89 bits per heavy atom. The van der Waals surface area contributed by atoms with E-state index in [2.05, 4.69) is 63.9 Å². The van der Waals surface area contributed by atoms with Crippen LogP contribution < -0.4 is 0 Å². The van der Waals surface area contributed by atoms with Crippen LogP contribution in [0.3, 0.4) is 0 Å². The Kier molecular flexibility index (Phi) is 4.80. The van der Waals surface area contributed by atoms with Crippen LogP contribution in [0.15, 0.2) is 40.9 Å². The van der Waals surface area contributed by atoms with Gasteiger partial charge in [0.25, 0.3) is 0 Å². The van der Waals surface area contributed by atoms with E-state index in [1.165, 1.54) is 22.8 Å². The summed E-state index contributed by atoms with van der Waals surface area (Å²) in [4.78, 5) is -0.0384. The molecule has 0 aliphatic carbocycles. The van der Waals surface area contributed by atoms with Crippen molar-refractivity contribution in [1.82, 2.24) is 0 Å². The largest absolute Gasteiger partial charge is 0.207 e. The first-order chi connectivity index (χ1) is 8.99. The molecule has 0 radical (unpaired) electrons. The molecular formula is C16H15Br2F. The van der Waals surface area contributed by atoms with Gasteiger partial charge in [-0.05, 0) is 43.5 Å². The fourth-order valence-electron chi connectivity index (χ4n) is 2.13. The van der Waals surface area contributed by atoms with E-state index in [0.29, 0.717) is 5.56 Å². The van der Waals surface area contributed by atoms with Gasteiger partial charge in [0.15, 0.2) is 0 Å². The minimum atomic E-state index is -0.179. The van der Waals surface area contributed by atoms with Crippen molar-refractivity contribution in [2.75, 3.05) is 0 Å². The molecule has 1 atom stereocenters. The summed E-state index contributed by atoms with van der Waals surface area (Å²) in [5.41, 5.74) is 4.40. The summed E-state index contributed by atoms with van der Waals surface area (Å²) in [5.74, 6) is -0.179. The quantitative estimate of drug-likeness (QED) is 0.578. The van der Waals surface area contributed by atoms with Crippen LogP contribution in [-0.4, -0.2) is 0 Å². The molecule has 0 aromatic heterocycles. The number of hydrogen-bond donors (Lipinski definition) is 0. The zero-order chi connectivity index (χ0) is 14.0. The molecule has 0 saturated heterocycles. The molecule has 100 valence electrons. The van der Waals surface area contributed by atoms with E-state index >= 15 is 0 Å². The van der Waals surface area contributed by atoms with Crippen LogP contribution in [0.2, 0.25) is 0 Å². The second-order valence-corrected chi connectivity index (χ2v) is 6.70. The predicted molar refractivity (Wildman–Crippen MR) is 85.4 cm³/mol. The lowest BCUT2D eigenvalue weighted by Gasteiger charge is -2.15. The van der Waals surface area contributed by atoms with Gasteiger partial charge in [0.1, 0.15) is 5.82 Å². The summed E-state index contributed by atoms with van der Waals surface area (Å²) >= 11 is 7.04. The standard InChI is InChI=1S/C16H15Br2F/c1-10-6-7-11(2)12(8-10)9-14(18)16-13(17)4-3-5-15(16)19/h3-8,14H,9H2,1-2H3. The van der Waals surface area contributed by atoms with E-state index in [4.69, 9.17) is 0 Å². The van der Waals surface area contributed by atoms with Crippen LogP contribution in [0.5, 0.6) is 0 Å². The molecule has 0 nitrogen and oxygen atoms in total. The van der Waals surface area contributed by atoms with Gasteiger partial charge in [0.2, 0.25) is 0 Å². The Labute approximate surface area is 130 Å². The predicted octanol–water partition coefficient (Wildman–Crippen LogP) is 5.88. The highest BCUT2D eigenvalue weighted by Crippen LogP contribution is 2.35. The first-order valence-electron chi connectivity index (χ1n) is 6.13. The van der Waals surface area contributed by atoms with Crippen LogP contribution >= 0.6 is 31.9 Å². The number of benzene rings is 2. The van der Waals surface area contributed by atoms with Gasteiger partial charge in [-0.2, -0.15) is 0 Å².